The lowest BCUT2D eigenvalue weighted by atomic mass is 10.7. The van der Waals surface area contributed by atoms with Gasteiger partial charge in [0, 0.05) is 11.0 Å². The van der Waals surface area contributed by atoms with Crippen LogP contribution in [-0.2, 0) is 20.1 Å². The molecule has 0 aromatic rings. The highest BCUT2D eigenvalue weighted by atomic mass is 32.2. The Balaban J connectivity index is 3.92. The Labute approximate surface area is 62.0 Å². The Bertz CT molecular complexity index is 195. The van der Waals surface area contributed by atoms with E-state index in [4.69, 9.17) is 0 Å². The fourth-order valence-corrected chi connectivity index (χ4v) is 0.539. The number of carbonyl (C=O) groups is 1. The van der Waals surface area contributed by atoms with Gasteiger partial charge in [-0.05, 0) is 6.92 Å². The molecule has 4 heteroatoms. The average molecular weight is 160 g/mol. The second-order valence-corrected chi connectivity index (χ2v) is 2.88. The number of hydrogen-bond acceptors (Lipinski definition) is 3. The highest BCUT2D eigenvalue weighted by Crippen LogP contribution is 1.98. The van der Waals surface area contributed by atoms with E-state index in [1.807, 2.05) is 0 Å². The minimum atomic E-state index is -1.72. The fraction of sp³-hybridized carbons (Fsp3) is 0.167. The van der Waals surface area contributed by atoms with Crippen LogP contribution in [0.2, 0.25) is 0 Å². The van der Waals surface area contributed by atoms with Crippen LogP contribution in [0.4, 0.5) is 0 Å². The van der Waals surface area contributed by atoms with Crippen molar-refractivity contribution < 1.29 is 13.2 Å². The molecule has 3 nitrogen and oxygen atoms in total. The number of rotatable bonds is 3. The molecule has 0 aromatic heterocycles. The lowest BCUT2D eigenvalue weighted by Gasteiger charge is -1.96. The summed E-state index contributed by atoms with van der Waals surface area (Å²) < 4.78 is 14.9. The lowest BCUT2D eigenvalue weighted by molar-refractivity contribution is -0.128. The van der Waals surface area contributed by atoms with E-state index in [1.165, 1.54) is 6.92 Å². The van der Waals surface area contributed by atoms with Crippen molar-refractivity contribution >= 4 is 17.0 Å². The Kier molecular flexibility index (Phi) is 3.64. The van der Waals surface area contributed by atoms with Gasteiger partial charge in [-0.2, -0.15) is 0 Å². The molecule has 0 aliphatic heterocycles. The van der Waals surface area contributed by atoms with E-state index < -0.39 is 17.0 Å². The van der Waals surface area contributed by atoms with Crippen molar-refractivity contribution in [3.05, 3.63) is 24.1 Å². The van der Waals surface area contributed by atoms with E-state index in [9.17, 15) is 9.00 Å². The zero-order chi connectivity index (χ0) is 8.15. The summed E-state index contributed by atoms with van der Waals surface area (Å²) in [6.45, 7) is 7.97. The van der Waals surface area contributed by atoms with Crippen LogP contribution >= 0.6 is 0 Å². The standard InChI is InChI=1S/C6H8O3S/c1-4-6(7)9-10(8)5(2)3/h4H,1-2H2,3H3. The smallest absolute Gasteiger partial charge is 0.344 e. The van der Waals surface area contributed by atoms with Gasteiger partial charge in [-0.25, -0.2) is 9.00 Å². The van der Waals surface area contributed by atoms with E-state index >= 15 is 0 Å². The normalized spacial score (nSPS) is 11.7. The molecule has 0 fully saturated rings. The van der Waals surface area contributed by atoms with Crippen molar-refractivity contribution in [2.24, 2.45) is 0 Å². The van der Waals surface area contributed by atoms with E-state index in [1.54, 1.807) is 0 Å². The molecule has 0 aromatic carbocycles. The number of carbonyl (C=O) groups excluding carboxylic acids is 1. The van der Waals surface area contributed by atoms with Gasteiger partial charge in [0.05, 0.1) is 0 Å². The van der Waals surface area contributed by atoms with E-state index in [0.717, 1.165) is 6.08 Å². The first-order valence-corrected chi connectivity index (χ1v) is 3.57. The van der Waals surface area contributed by atoms with Crippen molar-refractivity contribution in [2.75, 3.05) is 0 Å². The summed E-state index contributed by atoms with van der Waals surface area (Å²) >= 11 is -1.72. The topological polar surface area (TPSA) is 43.4 Å². The second kappa shape index (κ2) is 4.00. The van der Waals surface area contributed by atoms with Gasteiger partial charge in [0.1, 0.15) is 0 Å². The quantitative estimate of drug-likeness (QED) is 0.576. The maximum atomic E-state index is 10.6. The van der Waals surface area contributed by atoms with Crippen LogP contribution < -0.4 is 0 Å². The third kappa shape index (κ3) is 3.19. The van der Waals surface area contributed by atoms with Crippen LogP contribution in [0.3, 0.4) is 0 Å². The highest BCUT2D eigenvalue weighted by molar-refractivity contribution is 7.84. The molecule has 1 atom stereocenters. The summed E-state index contributed by atoms with van der Waals surface area (Å²) in [5, 5.41) is 0. The maximum Gasteiger partial charge on any atom is 0.344 e. The van der Waals surface area contributed by atoms with Crippen LogP contribution in [0.25, 0.3) is 0 Å². The summed E-state index contributed by atoms with van der Waals surface area (Å²) in [7, 11) is 0. The van der Waals surface area contributed by atoms with E-state index in [0.29, 0.717) is 4.91 Å². The molecule has 0 heterocycles. The largest absolute Gasteiger partial charge is 0.357 e. The summed E-state index contributed by atoms with van der Waals surface area (Å²) in [4.78, 5) is 10.7. The van der Waals surface area contributed by atoms with E-state index in [-0.39, 0.29) is 0 Å². The van der Waals surface area contributed by atoms with Crippen LogP contribution in [0.15, 0.2) is 24.1 Å². The van der Waals surface area contributed by atoms with Crippen LogP contribution in [0.1, 0.15) is 6.92 Å². The van der Waals surface area contributed by atoms with Crippen LogP contribution in [0.5, 0.6) is 0 Å². The summed E-state index contributed by atoms with van der Waals surface area (Å²) in [6.07, 6.45) is 0.945. The predicted octanol–water partition coefficient (Wildman–Crippen LogP) is 0.913. The molecule has 0 amide bonds. The first kappa shape index (κ1) is 9.10. The van der Waals surface area contributed by atoms with Crippen molar-refractivity contribution in [1.29, 1.82) is 0 Å². The van der Waals surface area contributed by atoms with Gasteiger partial charge in [-0.3, -0.25) is 0 Å². The Morgan fingerprint density at radius 1 is 1.70 bits per heavy atom. The third-order valence-electron chi connectivity index (χ3n) is 0.609. The SMILES string of the molecule is C=CC(=O)OS(=O)C(=C)C. The molecule has 56 valence electrons. The van der Waals surface area contributed by atoms with E-state index in [2.05, 4.69) is 17.3 Å². The second-order valence-electron chi connectivity index (χ2n) is 1.54. The molecule has 10 heavy (non-hydrogen) atoms. The average Bonchev–Trinajstić information content (AvgIpc) is 1.87. The fourth-order valence-electron chi connectivity index (χ4n) is 0.180. The minimum absolute atomic E-state index is 0.301. The molecule has 0 rings (SSSR count). The molecule has 0 radical (unpaired) electrons. The predicted molar refractivity (Wildman–Crippen MR) is 39.2 cm³/mol. The molecule has 1 unspecified atom stereocenters. The summed E-state index contributed by atoms with van der Waals surface area (Å²) in [6, 6.07) is 0. The van der Waals surface area contributed by atoms with Crippen molar-refractivity contribution in [2.45, 2.75) is 6.92 Å². The van der Waals surface area contributed by atoms with Crippen molar-refractivity contribution in [1.82, 2.24) is 0 Å². The molecule has 0 aliphatic carbocycles. The summed E-state index contributed by atoms with van der Waals surface area (Å²) in [5.74, 6) is -0.707. The summed E-state index contributed by atoms with van der Waals surface area (Å²) in [5.41, 5.74) is 0. The van der Waals surface area contributed by atoms with Gasteiger partial charge in [-0.15, -0.1) is 0 Å². The third-order valence-corrected chi connectivity index (χ3v) is 1.49. The minimum Gasteiger partial charge on any atom is -0.357 e. The maximum absolute atomic E-state index is 10.6. The lowest BCUT2D eigenvalue weighted by Crippen LogP contribution is -2.03. The zero-order valence-electron chi connectivity index (χ0n) is 5.62. The van der Waals surface area contributed by atoms with Gasteiger partial charge in [0.25, 0.3) is 0 Å². The van der Waals surface area contributed by atoms with Crippen molar-refractivity contribution in [3.8, 4) is 0 Å². The molecule has 0 spiro atoms. The molecule has 0 saturated carbocycles. The Hall–Kier alpha value is -0.900. The monoisotopic (exact) mass is 160 g/mol. The zero-order valence-corrected chi connectivity index (χ0v) is 6.44. The number of hydrogen-bond donors (Lipinski definition) is 0. The first-order chi connectivity index (χ1) is 4.57. The molecule has 0 bridgehead atoms. The van der Waals surface area contributed by atoms with Gasteiger partial charge >= 0.3 is 5.97 Å². The van der Waals surface area contributed by atoms with Crippen molar-refractivity contribution in [3.63, 3.8) is 0 Å². The first-order valence-electron chi connectivity index (χ1n) is 2.50. The Morgan fingerprint density at radius 3 is 2.50 bits per heavy atom. The van der Waals surface area contributed by atoms with Crippen LogP contribution in [-0.4, -0.2) is 10.2 Å². The molecular weight excluding hydrogens is 152 g/mol. The van der Waals surface area contributed by atoms with Gasteiger partial charge in [-0.1, -0.05) is 13.2 Å². The molecular formula is C6H8O3S. The highest BCUT2D eigenvalue weighted by Gasteiger charge is 2.04. The molecule has 0 N–H and O–H groups in total. The van der Waals surface area contributed by atoms with Crippen LogP contribution in [0, 0.1) is 0 Å². The van der Waals surface area contributed by atoms with Gasteiger partial charge in [0.15, 0.2) is 0 Å². The van der Waals surface area contributed by atoms with Gasteiger partial charge < -0.3 is 4.18 Å². The number of allylic oxidation sites excluding steroid dienone is 1. The molecule has 0 aliphatic rings. The van der Waals surface area contributed by atoms with Gasteiger partial charge in [0.2, 0.25) is 11.1 Å². The Morgan fingerprint density at radius 2 is 2.20 bits per heavy atom. The molecule has 0 saturated heterocycles.